The van der Waals surface area contributed by atoms with Gasteiger partial charge in [-0.2, -0.15) is 0 Å². The standard InChI is InChI=1S/C13H26O2/c1-4-13(5-2,15-6-3)12(14)10-9-11-7-8-11/h11-12,14H,4-10H2,1-3H3. The SMILES string of the molecule is CCOC(CC)(CC)C(O)CCC1CC1. The van der Waals surface area contributed by atoms with Crippen LogP contribution in [0.4, 0.5) is 0 Å². The second-order valence-corrected chi connectivity index (χ2v) is 4.74. The maximum absolute atomic E-state index is 10.2. The number of aliphatic hydroxyl groups is 1. The van der Waals surface area contributed by atoms with Gasteiger partial charge in [-0.15, -0.1) is 0 Å². The smallest absolute Gasteiger partial charge is 0.0934 e. The zero-order valence-corrected chi connectivity index (χ0v) is 10.5. The van der Waals surface area contributed by atoms with Crippen LogP contribution in [0.15, 0.2) is 0 Å². The summed E-state index contributed by atoms with van der Waals surface area (Å²) in [6.45, 7) is 6.93. The third-order valence-electron chi connectivity index (χ3n) is 3.78. The normalized spacial score (nSPS) is 19.2. The van der Waals surface area contributed by atoms with E-state index >= 15 is 0 Å². The Morgan fingerprint density at radius 1 is 1.27 bits per heavy atom. The van der Waals surface area contributed by atoms with Crippen LogP contribution in [-0.4, -0.2) is 23.4 Å². The van der Waals surface area contributed by atoms with Gasteiger partial charge >= 0.3 is 0 Å². The summed E-state index contributed by atoms with van der Waals surface area (Å²) < 4.78 is 5.79. The van der Waals surface area contributed by atoms with Crippen molar-refractivity contribution in [3.63, 3.8) is 0 Å². The van der Waals surface area contributed by atoms with Gasteiger partial charge in [0, 0.05) is 6.61 Å². The lowest BCUT2D eigenvalue weighted by Crippen LogP contribution is -2.44. The van der Waals surface area contributed by atoms with E-state index in [1.54, 1.807) is 0 Å². The monoisotopic (exact) mass is 214 g/mol. The van der Waals surface area contributed by atoms with E-state index in [1.807, 2.05) is 6.92 Å². The second kappa shape index (κ2) is 5.86. The molecule has 1 saturated carbocycles. The fourth-order valence-corrected chi connectivity index (χ4v) is 2.37. The summed E-state index contributed by atoms with van der Waals surface area (Å²) in [5, 5.41) is 10.2. The van der Waals surface area contributed by atoms with Crippen molar-refractivity contribution in [2.45, 2.75) is 71.0 Å². The first kappa shape index (κ1) is 13.0. The van der Waals surface area contributed by atoms with E-state index in [-0.39, 0.29) is 11.7 Å². The van der Waals surface area contributed by atoms with Gasteiger partial charge in [-0.25, -0.2) is 0 Å². The quantitative estimate of drug-likeness (QED) is 0.672. The van der Waals surface area contributed by atoms with Crippen LogP contribution in [0.1, 0.15) is 59.3 Å². The average Bonchev–Trinajstić information content (AvgIpc) is 3.06. The predicted octanol–water partition coefficient (Wildman–Crippen LogP) is 3.13. The van der Waals surface area contributed by atoms with Crippen molar-refractivity contribution in [2.75, 3.05) is 6.61 Å². The Bertz CT molecular complexity index is 171. The van der Waals surface area contributed by atoms with Gasteiger partial charge in [-0.1, -0.05) is 26.7 Å². The van der Waals surface area contributed by atoms with Gasteiger partial charge < -0.3 is 9.84 Å². The summed E-state index contributed by atoms with van der Waals surface area (Å²) in [5.74, 6) is 0.896. The Hall–Kier alpha value is -0.0800. The third kappa shape index (κ3) is 3.46. The first-order valence-corrected chi connectivity index (χ1v) is 6.50. The molecule has 1 rings (SSSR count). The van der Waals surface area contributed by atoms with E-state index in [0.717, 1.165) is 25.2 Å². The van der Waals surface area contributed by atoms with E-state index in [2.05, 4.69) is 13.8 Å². The van der Waals surface area contributed by atoms with Crippen LogP contribution in [0.2, 0.25) is 0 Å². The average molecular weight is 214 g/mol. The Morgan fingerprint density at radius 3 is 2.27 bits per heavy atom. The molecule has 0 aliphatic heterocycles. The summed E-state index contributed by atoms with van der Waals surface area (Å²) in [5.41, 5.74) is -0.288. The summed E-state index contributed by atoms with van der Waals surface area (Å²) in [6, 6.07) is 0. The van der Waals surface area contributed by atoms with Crippen LogP contribution < -0.4 is 0 Å². The first-order chi connectivity index (χ1) is 7.18. The van der Waals surface area contributed by atoms with Gasteiger partial charge in [0.25, 0.3) is 0 Å². The van der Waals surface area contributed by atoms with Crippen LogP contribution in [0.25, 0.3) is 0 Å². The highest BCUT2D eigenvalue weighted by atomic mass is 16.5. The van der Waals surface area contributed by atoms with Crippen molar-refractivity contribution in [1.82, 2.24) is 0 Å². The van der Waals surface area contributed by atoms with Gasteiger partial charge in [-0.05, 0) is 38.5 Å². The van der Waals surface area contributed by atoms with Crippen LogP contribution in [0.5, 0.6) is 0 Å². The molecule has 0 aromatic carbocycles. The molecule has 1 fully saturated rings. The summed E-state index contributed by atoms with van der Waals surface area (Å²) in [6.07, 6.45) is 6.35. The Morgan fingerprint density at radius 2 is 1.87 bits per heavy atom. The fraction of sp³-hybridized carbons (Fsp3) is 1.00. The van der Waals surface area contributed by atoms with Crippen molar-refractivity contribution >= 4 is 0 Å². The number of hydrogen-bond acceptors (Lipinski definition) is 2. The number of aliphatic hydroxyl groups excluding tert-OH is 1. The molecule has 0 radical (unpaired) electrons. The first-order valence-electron chi connectivity index (χ1n) is 6.50. The molecule has 2 nitrogen and oxygen atoms in total. The lowest BCUT2D eigenvalue weighted by atomic mass is 9.87. The zero-order valence-electron chi connectivity index (χ0n) is 10.5. The Kier molecular flexibility index (Phi) is 5.07. The largest absolute Gasteiger partial charge is 0.390 e. The molecule has 15 heavy (non-hydrogen) atoms. The highest BCUT2D eigenvalue weighted by Crippen LogP contribution is 2.36. The van der Waals surface area contributed by atoms with E-state index in [0.29, 0.717) is 6.61 Å². The summed E-state index contributed by atoms with van der Waals surface area (Å²) in [4.78, 5) is 0. The molecule has 1 aliphatic carbocycles. The molecule has 1 N–H and O–H groups in total. The number of hydrogen-bond donors (Lipinski definition) is 1. The van der Waals surface area contributed by atoms with Crippen molar-refractivity contribution < 1.29 is 9.84 Å². The van der Waals surface area contributed by atoms with Gasteiger partial charge in [-0.3, -0.25) is 0 Å². The topological polar surface area (TPSA) is 29.5 Å². The fourth-order valence-electron chi connectivity index (χ4n) is 2.37. The molecule has 0 spiro atoms. The van der Waals surface area contributed by atoms with Crippen LogP contribution in [0.3, 0.4) is 0 Å². The number of rotatable bonds is 8. The van der Waals surface area contributed by atoms with Crippen molar-refractivity contribution in [3.8, 4) is 0 Å². The molecule has 1 atom stereocenters. The highest BCUT2D eigenvalue weighted by molar-refractivity contribution is 4.87. The highest BCUT2D eigenvalue weighted by Gasteiger charge is 2.36. The van der Waals surface area contributed by atoms with Gasteiger partial charge in [0.15, 0.2) is 0 Å². The van der Waals surface area contributed by atoms with Crippen LogP contribution in [0, 0.1) is 5.92 Å². The van der Waals surface area contributed by atoms with Crippen molar-refractivity contribution in [3.05, 3.63) is 0 Å². The Balaban J connectivity index is 2.43. The zero-order chi connectivity index (χ0) is 11.3. The summed E-state index contributed by atoms with van der Waals surface area (Å²) in [7, 11) is 0. The maximum Gasteiger partial charge on any atom is 0.0934 e. The minimum absolute atomic E-state index is 0.284. The predicted molar refractivity (Wildman–Crippen MR) is 62.9 cm³/mol. The molecule has 0 aromatic heterocycles. The minimum Gasteiger partial charge on any atom is -0.390 e. The molecule has 1 aliphatic rings. The van der Waals surface area contributed by atoms with Crippen LogP contribution in [-0.2, 0) is 4.74 Å². The van der Waals surface area contributed by atoms with Gasteiger partial charge in [0.05, 0.1) is 11.7 Å². The summed E-state index contributed by atoms with van der Waals surface area (Å²) >= 11 is 0. The van der Waals surface area contributed by atoms with E-state index < -0.39 is 0 Å². The molecule has 0 aromatic rings. The van der Waals surface area contributed by atoms with Gasteiger partial charge in [0.1, 0.15) is 0 Å². The molecule has 0 saturated heterocycles. The molecule has 0 bridgehead atoms. The molecular weight excluding hydrogens is 188 g/mol. The number of ether oxygens (including phenoxy) is 1. The molecular formula is C13H26O2. The lowest BCUT2D eigenvalue weighted by molar-refractivity contribution is -0.127. The lowest BCUT2D eigenvalue weighted by Gasteiger charge is -2.36. The third-order valence-corrected chi connectivity index (χ3v) is 3.78. The van der Waals surface area contributed by atoms with E-state index in [4.69, 9.17) is 4.74 Å². The second-order valence-electron chi connectivity index (χ2n) is 4.74. The maximum atomic E-state index is 10.2. The molecule has 0 heterocycles. The van der Waals surface area contributed by atoms with Crippen molar-refractivity contribution in [2.24, 2.45) is 5.92 Å². The van der Waals surface area contributed by atoms with Crippen molar-refractivity contribution in [1.29, 1.82) is 0 Å². The molecule has 90 valence electrons. The minimum atomic E-state index is -0.288. The Labute approximate surface area is 94.0 Å². The van der Waals surface area contributed by atoms with E-state index in [9.17, 15) is 5.11 Å². The molecule has 0 amide bonds. The van der Waals surface area contributed by atoms with Crippen LogP contribution >= 0.6 is 0 Å². The molecule has 1 unspecified atom stereocenters. The molecule has 2 heteroatoms. The van der Waals surface area contributed by atoms with E-state index in [1.165, 1.54) is 19.3 Å². The van der Waals surface area contributed by atoms with Gasteiger partial charge in [0.2, 0.25) is 0 Å².